The lowest BCUT2D eigenvalue weighted by Gasteiger charge is -2.18. The number of carbonyl (C=O) groups excluding carboxylic acids is 3. The molecule has 1 unspecified atom stereocenters. The lowest BCUT2D eigenvalue weighted by molar-refractivity contribution is -0.167. The fourth-order valence-electron chi connectivity index (χ4n) is 7.02. The number of unbranched alkanes of at least 4 members (excludes halogenated alkanes) is 30. The van der Waals surface area contributed by atoms with Crippen molar-refractivity contribution in [3.63, 3.8) is 0 Å². The van der Waals surface area contributed by atoms with Gasteiger partial charge in [-0.3, -0.25) is 14.4 Å². The summed E-state index contributed by atoms with van der Waals surface area (Å²) in [4.78, 5) is 37.8. The molecular weight excluding hydrogens is 697 g/mol. The van der Waals surface area contributed by atoms with Crippen LogP contribution >= 0.6 is 0 Å². The van der Waals surface area contributed by atoms with E-state index in [1.807, 2.05) is 0 Å². The van der Waals surface area contributed by atoms with Crippen LogP contribution in [0.1, 0.15) is 258 Å². The summed E-state index contributed by atoms with van der Waals surface area (Å²) in [6, 6.07) is 0. The summed E-state index contributed by atoms with van der Waals surface area (Å²) >= 11 is 0. The van der Waals surface area contributed by atoms with Crippen molar-refractivity contribution in [2.75, 3.05) is 13.2 Å². The molecule has 0 amide bonds. The average molecular weight is 789 g/mol. The second-order valence-electron chi connectivity index (χ2n) is 16.4. The second-order valence-corrected chi connectivity index (χ2v) is 16.4. The predicted molar refractivity (Wildman–Crippen MR) is 238 cm³/mol. The van der Waals surface area contributed by atoms with Gasteiger partial charge in [0, 0.05) is 19.3 Å². The van der Waals surface area contributed by atoms with Gasteiger partial charge in [0.15, 0.2) is 6.10 Å². The quantitative estimate of drug-likeness (QED) is 0.0265. The number of hydrogen-bond donors (Lipinski definition) is 0. The Kier molecular flexibility index (Phi) is 43.9. The van der Waals surface area contributed by atoms with E-state index < -0.39 is 6.10 Å². The van der Waals surface area contributed by atoms with E-state index >= 15 is 0 Å². The molecule has 0 saturated carbocycles. The van der Waals surface area contributed by atoms with E-state index in [1.165, 1.54) is 148 Å². The maximum atomic E-state index is 12.7. The molecule has 0 aromatic carbocycles. The maximum absolute atomic E-state index is 12.7. The van der Waals surface area contributed by atoms with Crippen molar-refractivity contribution in [1.29, 1.82) is 0 Å². The molecule has 0 aliphatic carbocycles. The second kappa shape index (κ2) is 45.6. The Balaban J connectivity index is 4.36. The first-order chi connectivity index (χ1) is 27.5. The first kappa shape index (κ1) is 53.9. The highest BCUT2D eigenvalue weighted by Crippen LogP contribution is 2.15. The van der Waals surface area contributed by atoms with Crippen LogP contribution in [0.5, 0.6) is 0 Å². The van der Waals surface area contributed by atoms with Gasteiger partial charge >= 0.3 is 17.9 Å². The molecule has 0 N–H and O–H groups in total. The minimum Gasteiger partial charge on any atom is -0.462 e. The molecule has 328 valence electrons. The van der Waals surface area contributed by atoms with Crippen molar-refractivity contribution in [2.24, 2.45) is 0 Å². The largest absolute Gasteiger partial charge is 0.462 e. The Morgan fingerprint density at radius 1 is 0.357 bits per heavy atom. The van der Waals surface area contributed by atoms with Crippen molar-refractivity contribution in [3.8, 4) is 0 Å². The standard InChI is InChI=1S/C50H92O6/c1-4-7-10-13-16-19-22-24-25-26-27-29-31-34-37-40-43-49(52)55-46-47(45-54-48(51)42-39-36-33-30-21-18-15-12-9-6-3)56-50(53)44-41-38-35-32-28-23-20-17-14-11-8-5-2/h25-27,29,47H,4-24,28,30-46H2,1-3H3/b26-25-,29-27-. The van der Waals surface area contributed by atoms with Crippen LogP contribution in [0.25, 0.3) is 0 Å². The molecule has 0 heterocycles. The molecule has 56 heavy (non-hydrogen) atoms. The lowest BCUT2D eigenvalue weighted by atomic mass is 10.0. The van der Waals surface area contributed by atoms with Crippen molar-refractivity contribution in [3.05, 3.63) is 24.3 Å². The lowest BCUT2D eigenvalue weighted by Crippen LogP contribution is -2.30. The zero-order valence-electron chi connectivity index (χ0n) is 37.4. The van der Waals surface area contributed by atoms with Crippen LogP contribution in [0.3, 0.4) is 0 Å². The molecule has 6 heteroatoms. The van der Waals surface area contributed by atoms with E-state index in [0.29, 0.717) is 19.3 Å². The average Bonchev–Trinajstić information content (AvgIpc) is 3.19. The van der Waals surface area contributed by atoms with Crippen molar-refractivity contribution < 1.29 is 28.6 Å². The van der Waals surface area contributed by atoms with E-state index in [4.69, 9.17) is 14.2 Å². The Morgan fingerprint density at radius 3 is 0.964 bits per heavy atom. The van der Waals surface area contributed by atoms with E-state index in [1.54, 1.807) is 0 Å². The summed E-state index contributed by atoms with van der Waals surface area (Å²) in [5, 5.41) is 0. The highest BCUT2D eigenvalue weighted by molar-refractivity contribution is 5.71. The summed E-state index contributed by atoms with van der Waals surface area (Å²) in [5.74, 6) is -0.896. The van der Waals surface area contributed by atoms with Gasteiger partial charge < -0.3 is 14.2 Å². The zero-order chi connectivity index (χ0) is 40.8. The number of hydrogen-bond acceptors (Lipinski definition) is 6. The molecule has 0 aliphatic heterocycles. The SMILES string of the molecule is CCCCCCCCC/C=C\C=C/CCCCCC(=O)OCC(COC(=O)CCCCCCCCCCCC)OC(=O)CCCCCCCCCCCCCC. The minimum absolute atomic E-state index is 0.0755. The van der Waals surface area contributed by atoms with Gasteiger partial charge in [0.25, 0.3) is 0 Å². The Hall–Kier alpha value is -2.11. The summed E-state index contributed by atoms with van der Waals surface area (Å²) in [6.07, 6.45) is 50.2. The number of allylic oxidation sites excluding steroid dienone is 4. The third kappa shape index (κ3) is 43.0. The zero-order valence-corrected chi connectivity index (χ0v) is 37.4. The number of ether oxygens (including phenoxy) is 3. The van der Waals surface area contributed by atoms with Crippen LogP contribution in [-0.2, 0) is 28.6 Å². The summed E-state index contributed by atoms with van der Waals surface area (Å²) < 4.78 is 16.7. The molecule has 0 aromatic rings. The maximum Gasteiger partial charge on any atom is 0.306 e. The first-order valence-electron chi connectivity index (χ1n) is 24.4. The molecule has 0 bridgehead atoms. The van der Waals surface area contributed by atoms with Crippen LogP contribution in [0.4, 0.5) is 0 Å². The molecule has 0 saturated heterocycles. The van der Waals surface area contributed by atoms with Crippen LogP contribution in [-0.4, -0.2) is 37.2 Å². The highest BCUT2D eigenvalue weighted by Gasteiger charge is 2.19. The fourth-order valence-corrected chi connectivity index (χ4v) is 7.02. The van der Waals surface area contributed by atoms with Crippen molar-refractivity contribution in [2.45, 2.75) is 264 Å². The van der Waals surface area contributed by atoms with Gasteiger partial charge in [-0.1, -0.05) is 218 Å². The van der Waals surface area contributed by atoms with Gasteiger partial charge in [0.2, 0.25) is 0 Å². The van der Waals surface area contributed by atoms with E-state index in [9.17, 15) is 14.4 Å². The molecule has 0 fully saturated rings. The van der Waals surface area contributed by atoms with E-state index in [0.717, 1.165) is 70.6 Å². The summed E-state index contributed by atoms with van der Waals surface area (Å²) in [5.41, 5.74) is 0. The molecule has 0 aliphatic rings. The number of rotatable bonds is 44. The van der Waals surface area contributed by atoms with Gasteiger partial charge in [-0.15, -0.1) is 0 Å². The van der Waals surface area contributed by atoms with Gasteiger partial charge in [0.1, 0.15) is 13.2 Å². The molecule has 1 atom stereocenters. The van der Waals surface area contributed by atoms with Crippen LogP contribution in [0.15, 0.2) is 24.3 Å². The molecule has 0 radical (unpaired) electrons. The van der Waals surface area contributed by atoms with Crippen LogP contribution in [0.2, 0.25) is 0 Å². The Morgan fingerprint density at radius 2 is 0.625 bits per heavy atom. The molecular formula is C50H92O6. The topological polar surface area (TPSA) is 78.9 Å². The van der Waals surface area contributed by atoms with Gasteiger partial charge in [-0.05, 0) is 44.9 Å². The fraction of sp³-hybridized carbons (Fsp3) is 0.860. The summed E-state index contributed by atoms with van der Waals surface area (Å²) in [6.45, 7) is 6.61. The van der Waals surface area contributed by atoms with Crippen LogP contribution in [0, 0.1) is 0 Å². The Labute approximate surface area is 347 Å². The monoisotopic (exact) mass is 789 g/mol. The Bertz CT molecular complexity index is 911. The first-order valence-corrected chi connectivity index (χ1v) is 24.4. The van der Waals surface area contributed by atoms with Gasteiger partial charge in [0.05, 0.1) is 0 Å². The highest BCUT2D eigenvalue weighted by atomic mass is 16.6. The summed E-state index contributed by atoms with van der Waals surface area (Å²) in [7, 11) is 0. The molecule has 0 rings (SSSR count). The predicted octanol–water partition coefficient (Wildman–Crippen LogP) is 15.6. The molecule has 0 spiro atoms. The third-order valence-electron chi connectivity index (χ3n) is 10.7. The number of esters is 3. The van der Waals surface area contributed by atoms with Gasteiger partial charge in [-0.25, -0.2) is 0 Å². The van der Waals surface area contributed by atoms with Crippen molar-refractivity contribution >= 4 is 17.9 Å². The van der Waals surface area contributed by atoms with Gasteiger partial charge in [-0.2, -0.15) is 0 Å². The third-order valence-corrected chi connectivity index (χ3v) is 10.7. The van der Waals surface area contributed by atoms with Crippen molar-refractivity contribution in [1.82, 2.24) is 0 Å². The van der Waals surface area contributed by atoms with E-state index in [2.05, 4.69) is 45.1 Å². The molecule has 6 nitrogen and oxygen atoms in total. The molecule has 0 aromatic heterocycles. The minimum atomic E-state index is -0.774. The normalized spacial score (nSPS) is 12.1. The van der Waals surface area contributed by atoms with E-state index in [-0.39, 0.29) is 31.1 Å². The van der Waals surface area contributed by atoms with Crippen LogP contribution < -0.4 is 0 Å². The number of carbonyl (C=O) groups is 3. The smallest absolute Gasteiger partial charge is 0.306 e.